The molecule has 1 aliphatic rings. The second kappa shape index (κ2) is 6.26. The van der Waals surface area contributed by atoms with E-state index in [4.69, 9.17) is 21.1 Å². The molecule has 2 aromatic rings. The van der Waals surface area contributed by atoms with Gasteiger partial charge in [0, 0.05) is 27.4 Å². The molecule has 0 radical (unpaired) electrons. The van der Waals surface area contributed by atoms with E-state index in [-0.39, 0.29) is 5.91 Å². The van der Waals surface area contributed by atoms with E-state index in [0.29, 0.717) is 27.7 Å². The van der Waals surface area contributed by atoms with Crippen LogP contribution < -0.4 is 14.8 Å². The monoisotopic (exact) mass is 393 g/mol. The molecule has 0 saturated heterocycles. The normalized spacial score (nSPS) is 14.6. The molecule has 23 heavy (non-hydrogen) atoms. The summed E-state index contributed by atoms with van der Waals surface area (Å²) in [6.45, 7) is 0. The van der Waals surface area contributed by atoms with E-state index in [9.17, 15) is 4.79 Å². The molecule has 0 atom stereocenters. The summed E-state index contributed by atoms with van der Waals surface area (Å²) < 4.78 is 11.4. The van der Waals surface area contributed by atoms with Crippen molar-refractivity contribution >= 4 is 50.8 Å². The first-order valence-electron chi connectivity index (χ1n) is 6.78. The van der Waals surface area contributed by atoms with Gasteiger partial charge in [-0.05, 0) is 35.9 Å². The molecule has 6 heteroatoms. The summed E-state index contributed by atoms with van der Waals surface area (Å²) in [5.41, 5.74) is 2.84. The van der Waals surface area contributed by atoms with Crippen LogP contribution in [0, 0.1) is 0 Å². The molecule has 1 aliphatic heterocycles. The van der Waals surface area contributed by atoms with Gasteiger partial charge in [-0.15, -0.1) is 0 Å². The lowest BCUT2D eigenvalue weighted by Gasteiger charge is -2.10. The molecule has 0 aromatic heterocycles. The first-order valence-corrected chi connectivity index (χ1v) is 7.95. The Morgan fingerprint density at radius 3 is 2.52 bits per heavy atom. The van der Waals surface area contributed by atoms with Gasteiger partial charge in [-0.1, -0.05) is 27.5 Å². The number of carbonyl (C=O) groups is 1. The van der Waals surface area contributed by atoms with Crippen LogP contribution in [0.15, 0.2) is 34.8 Å². The summed E-state index contributed by atoms with van der Waals surface area (Å²) in [5.74, 6) is 0.930. The predicted octanol–water partition coefficient (Wildman–Crippen LogP) is 4.61. The zero-order valence-electron chi connectivity index (χ0n) is 12.4. The molecule has 0 spiro atoms. The number of methoxy groups -OCH3 is 2. The first kappa shape index (κ1) is 15.9. The fourth-order valence-electron chi connectivity index (χ4n) is 2.44. The Morgan fingerprint density at radius 1 is 1.13 bits per heavy atom. The quantitative estimate of drug-likeness (QED) is 0.773. The van der Waals surface area contributed by atoms with Crippen molar-refractivity contribution in [1.29, 1.82) is 0 Å². The van der Waals surface area contributed by atoms with Crippen LogP contribution in [0.5, 0.6) is 11.5 Å². The maximum absolute atomic E-state index is 12.2. The van der Waals surface area contributed by atoms with Gasteiger partial charge in [0.2, 0.25) is 0 Å². The maximum Gasteiger partial charge on any atom is 0.256 e. The molecular formula is C17H13BrClNO3. The highest BCUT2D eigenvalue weighted by Gasteiger charge is 2.24. The Balaban J connectivity index is 2.13. The number of anilines is 1. The molecule has 0 bridgehead atoms. The average molecular weight is 395 g/mol. The molecular weight excluding hydrogens is 382 g/mol. The van der Waals surface area contributed by atoms with Crippen molar-refractivity contribution in [1.82, 2.24) is 0 Å². The SMILES string of the molecule is COc1cc(Cl)c(/C=C2\C(=O)Nc3ccc(Br)cc32)cc1OC. The van der Waals surface area contributed by atoms with Crippen LogP contribution >= 0.6 is 27.5 Å². The van der Waals surface area contributed by atoms with Gasteiger partial charge in [0.1, 0.15) is 0 Å². The number of benzene rings is 2. The topological polar surface area (TPSA) is 47.6 Å². The van der Waals surface area contributed by atoms with Gasteiger partial charge < -0.3 is 14.8 Å². The number of hydrogen-bond acceptors (Lipinski definition) is 3. The lowest BCUT2D eigenvalue weighted by molar-refractivity contribution is -0.110. The van der Waals surface area contributed by atoms with Gasteiger partial charge in [-0.3, -0.25) is 4.79 Å². The van der Waals surface area contributed by atoms with E-state index in [1.54, 1.807) is 32.4 Å². The van der Waals surface area contributed by atoms with Crippen LogP contribution in [0.2, 0.25) is 5.02 Å². The number of halogens is 2. The van der Waals surface area contributed by atoms with Gasteiger partial charge >= 0.3 is 0 Å². The number of amides is 1. The van der Waals surface area contributed by atoms with Gasteiger partial charge in [-0.25, -0.2) is 0 Å². The van der Waals surface area contributed by atoms with Crippen LogP contribution in [-0.2, 0) is 4.79 Å². The van der Waals surface area contributed by atoms with Crippen LogP contribution in [-0.4, -0.2) is 20.1 Å². The molecule has 2 aromatic carbocycles. The molecule has 4 nitrogen and oxygen atoms in total. The molecule has 1 amide bonds. The van der Waals surface area contributed by atoms with E-state index in [0.717, 1.165) is 15.7 Å². The van der Waals surface area contributed by atoms with E-state index < -0.39 is 0 Å². The van der Waals surface area contributed by atoms with Crippen molar-refractivity contribution < 1.29 is 14.3 Å². The Bertz CT molecular complexity index is 833. The van der Waals surface area contributed by atoms with E-state index in [2.05, 4.69) is 21.2 Å². The third-order valence-electron chi connectivity index (χ3n) is 3.57. The van der Waals surface area contributed by atoms with Crippen molar-refractivity contribution in [3.63, 3.8) is 0 Å². The summed E-state index contributed by atoms with van der Waals surface area (Å²) in [5, 5.41) is 3.32. The van der Waals surface area contributed by atoms with Crippen molar-refractivity contribution in [2.45, 2.75) is 0 Å². The largest absolute Gasteiger partial charge is 0.493 e. The minimum Gasteiger partial charge on any atom is -0.493 e. The highest BCUT2D eigenvalue weighted by atomic mass is 79.9. The number of ether oxygens (including phenoxy) is 2. The minimum atomic E-state index is -0.163. The second-order valence-electron chi connectivity index (χ2n) is 4.93. The van der Waals surface area contributed by atoms with Crippen LogP contribution in [0.4, 0.5) is 5.69 Å². The fraction of sp³-hybridized carbons (Fsp3) is 0.118. The van der Waals surface area contributed by atoms with E-state index >= 15 is 0 Å². The molecule has 0 fully saturated rings. The average Bonchev–Trinajstić information content (AvgIpc) is 2.84. The Morgan fingerprint density at radius 2 is 1.83 bits per heavy atom. The molecule has 1 N–H and O–H groups in total. The fourth-order valence-corrected chi connectivity index (χ4v) is 3.01. The van der Waals surface area contributed by atoms with Gasteiger partial charge in [0.15, 0.2) is 11.5 Å². The smallest absolute Gasteiger partial charge is 0.256 e. The van der Waals surface area contributed by atoms with E-state index in [1.807, 2.05) is 18.2 Å². The number of fused-ring (bicyclic) bond motifs is 1. The number of hydrogen-bond donors (Lipinski definition) is 1. The van der Waals surface area contributed by atoms with Crippen molar-refractivity contribution in [3.05, 3.63) is 51.0 Å². The Labute approximate surface area is 147 Å². The molecule has 1 heterocycles. The van der Waals surface area contributed by atoms with Crippen molar-refractivity contribution in [2.75, 3.05) is 19.5 Å². The summed E-state index contributed by atoms with van der Waals surface area (Å²) in [6.07, 6.45) is 1.75. The van der Waals surface area contributed by atoms with Crippen LogP contribution in [0.25, 0.3) is 11.6 Å². The predicted molar refractivity (Wildman–Crippen MR) is 95.2 cm³/mol. The van der Waals surface area contributed by atoms with Crippen molar-refractivity contribution in [3.8, 4) is 11.5 Å². The highest BCUT2D eigenvalue weighted by Crippen LogP contribution is 2.38. The number of nitrogens with one attached hydrogen (secondary N) is 1. The zero-order valence-corrected chi connectivity index (χ0v) is 14.8. The maximum atomic E-state index is 12.2. The van der Waals surface area contributed by atoms with Gasteiger partial charge in [0.05, 0.1) is 19.2 Å². The third kappa shape index (κ3) is 2.94. The zero-order chi connectivity index (χ0) is 16.6. The summed E-state index contributed by atoms with van der Waals surface area (Å²) in [7, 11) is 3.10. The second-order valence-corrected chi connectivity index (χ2v) is 6.25. The summed E-state index contributed by atoms with van der Waals surface area (Å²) >= 11 is 9.73. The lowest BCUT2D eigenvalue weighted by Crippen LogP contribution is -2.03. The summed E-state index contributed by atoms with van der Waals surface area (Å²) in [4.78, 5) is 12.2. The standard InChI is InChI=1S/C17H13BrClNO3/c1-22-15-6-9(13(19)8-16(15)23-2)5-12-11-7-10(18)3-4-14(11)20-17(12)21/h3-8H,1-2H3,(H,20,21)/b12-5-. The van der Waals surface area contributed by atoms with Gasteiger partial charge in [0.25, 0.3) is 5.91 Å². The van der Waals surface area contributed by atoms with Gasteiger partial charge in [-0.2, -0.15) is 0 Å². The first-order chi connectivity index (χ1) is 11.0. The molecule has 0 aliphatic carbocycles. The minimum absolute atomic E-state index is 0.163. The Kier molecular flexibility index (Phi) is 4.33. The van der Waals surface area contributed by atoms with Crippen molar-refractivity contribution in [2.24, 2.45) is 0 Å². The molecule has 3 rings (SSSR count). The number of rotatable bonds is 3. The van der Waals surface area contributed by atoms with E-state index in [1.165, 1.54) is 0 Å². The van der Waals surface area contributed by atoms with Crippen LogP contribution in [0.3, 0.4) is 0 Å². The lowest BCUT2D eigenvalue weighted by atomic mass is 10.0. The van der Waals surface area contributed by atoms with Crippen LogP contribution in [0.1, 0.15) is 11.1 Å². The Hall–Kier alpha value is -1.98. The molecule has 0 saturated carbocycles. The molecule has 0 unspecified atom stereocenters. The third-order valence-corrected chi connectivity index (χ3v) is 4.39. The highest BCUT2D eigenvalue weighted by molar-refractivity contribution is 9.10. The molecule has 118 valence electrons. The summed E-state index contributed by atoms with van der Waals surface area (Å²) in [6, 6.07) is 9.05. The number of carbonyl (C=O) groups excluding carboxylic acids is 1.